The zero-order valence-corrected chi connectivity index (χ0v) is 8.77. The van der Waals surface area contributed by atoms with E-state index in [9.17, 15) is 4.39 Å². The lowest BCUT2D eigenvalue weighted by atomic mass is 10.1. The molecule has 2 aromatic rings. The van der Waals surface area contributed by atoms with Gasteiger partial charge < -0.3 is 5.73 Å². The van der Waals surface area contributed by atoms with Crippen LogP contribution in [0.25, 0.3) is 11.3 Å². The van der Waals surface area contributed by atoms with Crippen LogP contribution in [0.4, 0.5) is 10.2 Å². The number of benzene rings is 1. The fraction of sp³-hybridized carbons (Fsp3) is 0.100. The lowest BCUT2D eigenvalue weighted by Gasteiger charge is -2.03. The molecule has 0 aliphatic carbocycles. The highest BCUT2D eigenvalue weighted by Crippen LogP contribution is 2.31. The van der Waals surface area contributed by atoms with E-state index in [0.29, 0.717) is 17.1 Å². The Morgan fingerprint density at radius 3 is 2.80 bits per heavy atom. The van der Waals surface area contributed by atoms with Gasteiger partial charge in [0.15, 0.2) is 0 Å². The molecule has 0 saturated carbocycles. The molecule has 5 heteroatoms. The Bertz CT molecular complexity index is 507. The highest BCUT2D eigenvalue weighted by atomic mass is 35.5. The van der Waals surface area contributed by atoms with Gasteiger partial charge in [-0.2, -0.15) is 5.10 Å². The summed E-state index contributed by atoms with van der Waals surface area (Å²) in [5.74, 6) is -0.0629. The summed E-state index contributed by atoms with van der Waals surface area (Å²) >= 11 is 5.85. The first-order chi connectivity index (χ1) is 7.11. The van der Waals surface area contributed by atoms with Crippen molar-refractivity contribution in [3.63, 3.8) is 0 Å². The SMILES string of the molecule is Cc1c(N)n[nH]c1-c1cccc(F)c1Cl. The van der Waals surface area contributed by atoms with Crippen LogP contribution in [-0.4, -0.2) is 10.2 Å². The van der Waals surface area contributed by atoms with E-state index in [1.54, 1.807) is 19.1 Å². The number of nitrogens with one attached hydrogen (secondary N) is 1. The van der Waals surface area contributed by atoms with Gasteiger partial charge in [0.2, 0.25) is 0 Å². The smallest absolute Gasteiger partial charge is 0.148 e. The van der Waals surface area contributed by atoms with Gasteiger partial charge in [0, 0.05) is 11.1 Å². The molecule has 2 rings (SSSR count). The summed E-state index contributed by atoms with van der Waals surface area (Å²) in [7, 11) is 0. The monoisotopic (exact) mass is 225 g/mol. The summed E-state index contributed by atoms with van der Waals surface area (Å²) in [5, 5.41) is 6.64. The maximum Gasteiger partial charge on any atom is 0.148 e. The normalized spacial score (nSPS) is 10.6. The molecule has 1 aromatic heterocycles. The predicted molar refractivity (Wildman–Crippen MR) is 58.1 cm³/mol. The van der Waals surface area contributed by atoms with Crippen molar-refractivity contribution in [3.8, 4) is 11.3 Å². The molecule has 0 atom stereocenters. The van der Waals surface area contributed by atoms with Crippen LogP contribution in [0, 0.1) is 12.7 Å². The van der Waals surface area contributed by atoms with Crippen molar-refractivity contribution in [1.82, 2.24) is 10.2 Å². The second-order valence-electron chi connectivity index (χ2n) is 3.21. The number of aromatic nitrogens is 2. The molecule has 3 N–H and O–H groups in total. The number of nitrogens with two attached hydrogens (primary N) is 1. The van der Waals surface area contributed by atoms with Gasteiger partial charge in [-0.15, -0.1) is 0 Å². The Morgan fingerprint density at radius 2 is 2.20 bits per heavy atom. The molecule has 0 bridgehead atoms. The van der Waals surface area contributed by atoms with Gasteiger partial charge in [0.1, 0.15) is 11.6 Å². The van der Waals surface area contributed by atoms with E-state index < -0.39 is 5.82 Å². The molecular formula is C10H9ClFN3. The van der Waals surface area contributed by atoms with Crippen molar-refractivity contribution in [1.29, 1.82) is 0 Å². The van der Waals surface area contributed by atoms with Crippen molar-refractivity contribution in [2.45, 2.75) is 6.92 Å². The number of anilines is 1. The molecular weight excluding hydrogens is 217 g/mol. The first-order valence-electron chi connectivity index (χ1n) is 4.36. The molecule has 0 aliphatic heterocycles. The van der Waals surface area contributed by atoms with Crippen LogP contribution in [-0.2, 0) is 0 Å². The second kappa shape index (κ2) is 3.55. The summed E-state index contributed by atoms with van der Waals surface area (Å²) in [4.78, 5) is 0. The van der Waals surface area contributed by atoms with Gasteiger partial charge in [0.25, 0.3) is 0 Å². The van der Waals surface area contributed by atoms with Gasteiger partial charge in [0.05, 0.1) is 10.7 Å². The largest absolute Gasteiger partial charge is 0.382 e. The molecule has 1 aromatic carbocycles. The van der Waals surface area contributed by atoms with Gasteiger partial charge in [-0.05, 0) is 13.0 Å². The van der Waals surface area contributed by atoms with E-state index in [1.165, 1.54) is 6.07 Å². The van der Waals surface area contributed by atoms with E-state index in [2.05, 4.69) is 10.2 Å². The molecule has 1 heterocycles. The Kier molecular flexibility index (Phi) is 2.36. The number of H-pyrrole nitrogens is 1. The zero-order valence-electron chi connectivity index (χ0n) is 8.01. The fourth-order valence-corrected chi connectivity index (χ4v) is 1.59. The summed E-state index contributed by atoms with van der Waals surface area (Å²) in [6.45, 7) is 1.80. The average molecular weight is 226 g/mol. The molecule has 0 aliphatic rings. The van der Waals surface area contributed by atoms with Crippen LogP contribution in [0.2, 0.25) is 5.02 Å². The van der Waals surface area contributed by atoms with Gasteiger partial charge >= 0.3 is 0 Å². The molecule has 0 spiro atoms. The number of rotatable bonds is 1. The van der Waals surface area contributed by atoms with Crippen molar-refractivity contribution in [2.75, 3.05) is 5.73 Å². The van der Waals surface area contributed by atoms with Gasteiger partial charge in [-0.3, -0.25) is 5.10 Å². The molecule has 15 heavy (non-hydrogen) atoms. The molecule has 78 valence electrons. The van der Waals surface area contributed by atoms with E-state index in [1.807, 2.05) is 0 Å². The quantitative estimate of drug-likeness (QED) is 0.784. The predicted octanol–water partition coefficient (Wildman–Crippen LogP) is 2.76. The van der Waals surface area contributed by atoms with Crippen molar-refractivity contribution in [3.05, 3.63) is 34.6 Å². The lowest BCUT2D eigenvalue weighted by molar-refractivity contribution is 0.628. The summed E-state index contributed by atoms with van der Waals surface area (Å²) < 4.78 is 13.2. The second-order valence-corrected chi connectivity index (χ2v) is 3.59. The van der Waals surface area contributed by atoms with E-state index in [0.717, 1.165) is 5.56 Å². The van der Waals surface area contributed by atoms with Crippen molar-refractivity contribution in [2.24, 2.45) is 0 Å². The number of hydrogen-bond acceptors (Lipinski definition) is 2. The first kappa shape index (κ1) is 9.98. The van der Waals surface area contributed by atoms with Crippen LogP contribution >= 0.6 is 11.6 Å². The summed E-state index contributed by atoms with van der Waals surface area (Å²) in [5.41, 5.74) is 7.57. The molecule has 0 saturated heterocycles. The number of nitrogen functional groups attached to an aromatic ring is 1. The minimum atomic E-state index is -0.457. The molecule has 0 unspecified atom stereocenters. The van der Waals surface area contributed by atoms with Crippen molar-refractivity contribution < 1.29 is 4.39 Å². The fourth-order valence-electron chi connectivity index (χ4n) is 1.37. The number of halogens is 2. The summed E-state index contributed by atoms with van der Waals surface area (Å²) in [6.07, 6.45) is 0. The lowest BCUT2D eigenvalue weighted by Crippen LogP contribution is -1.88. The Balaban J connectivity index is 2.64. The van der Waals surface area contributed by atoms with E-state index >= 15 is 0 Å². The first-order valence-corrected chi connectivity index (χ1v) is 4.74. The third kappa shape index (κ3) is 1.57. The minimum absolute atomic E-state index is 0.0734. The van der Waals surface area contributed by atoms with Crippen molar-refractivity contribution >= 4 is 17.4 Å². The Labute approximate surface area is 91.1 Å². The van der Waals surface area contributed by atoms with Gasteiger partial charge in [-0.25, -0.2) is 4.39 Å². The maximum absolute atomic E-state index is 13.2. The van der Waals surface area contributed by atoms with E-state index in [4.69, 9.17) is 17.3 Å². The van der Waals surface area contributed by atoms with Crippen LogP contribution < -0.4 is 5.73 Å². The van der Waals surface area contributed by atoms with Crippen LogP contribution in [0.1, 0.15) is 5.56 Å². The standard InChI is InChI=1S/C10H9ClFN3/c1-5-9(14-15-10(5)13)6-3-2-4-7(12)8(6)11/h2-4H,1H3,(H3,13,14,15). The minimum Gasteiger partial charge on any atom is -0.382 e. The maximum atomic E-state index is 13.2. The van der Waals surface area contributed by atoms with Crippen LogP contribution in [0.15, 0.2) is 18.2 Å². The third-order valence-corrected chi connectivity index (χ3v) is 2.65. The Morgan fingerprint density at radius 1 is 1.47 bits per heavy atom. The Hall–Kier alpha value is -1.55. The number of nitrogens with zero attached hydrogens (tertiary/aromatic N) is 1. The average Bonchev–Trinajstić information content (AvgIpc) is 2.53. The molecule has 0 fully saturated rings. The highest BCUT2D eigenvalue weighted by Gasteiger charge is 2.13. The zero-order chi connectivity index (χ0) is 11.0. The number of hydrogen-bond donors (Lipinski definition) is 2. The topological polar surface area (TPSA) is 54.7 Å². The van der Waals surface area contributed by atoms with E-state index in [-0.39, 0.29) is 5.02 Å². The highest BCUT2D eigenvalue weighted by molar-refractivity contribution is 6.33. The summed E-state index contributed by atoms with van der Waals surface area (Å²) in [6, 6.07) is 4.61. The van der Waals surface area contributed by atoms with Gasteiger partial charge in [-0.1, -0.05) is 23.7 Å². The molecule has 3 nitrogen and oxygen atoms in total. The van der Waals surface area contributed by atoms with Crippen LogP contribution in [0.3, 0.4) is 0 Å². The third-order valence-electron chi connectivity index (χ3n) is 2.27. The number of aromatic amines is 1. The van der Waals surface area contributed by atoms with Crippen LogP contribution in [0.5, 0.6) is 0 Å². The molecule has 0 amide bonds. The molecule has 0 radical (unpaired) electrons.